The van der Waals surface area contributed by atoms with Gasteiger partial charge in [-0.05, 0) is 18.2 Å². The number of halogens is 4. The van der Waals surface area contributed by atoms with Crippen LogP contribution in [0, 0.1) is 5.82 Å². The summed E-state index contributed by atoms with van der Waals surface area (Å²) < 4.78 is 50.0. The summed E-state index contributed by atoms with van der Waals surface area (Å²) in [6, 6.07) is 4.02. The molecule has 0 aliphatic heterocycles. The third kappa shape index (κ3) is 2.78. The minimum absolute atomic E-state index is 0.00830. The number of nitrogens with zero attached hydrogens (tertiary/aromatic N) is 3. The first-order chi connectivity index (χ1) is 9.91. The molecule has 6 nitrogen and oxygen atoms in total. The van der Waals surface area contributed by atoms with Crippen molar-refractivity contribution in [1.82, 2.24) is 25.1 Å². The maximum absolute atomic E-state index is 13.0. The normalized spacial score (nSPS) is 12.0. The summed E-state index contributed by atoms with van der Waals surface area (Å²) in [6.07, 6.45) is -4.59. The number of alkyl halides is 3. The van der Waals surface area contributed by atoms with E-state index in [2.05, 4.69) is 30.5 Å². The number of hydrogen-bond acceptors (Lipinski definition) is 4. The highest BCUT2D eigenvalue weighted by molar-refractivity contribution is 5.77. The van der Waals surface area contributed by atoms with Crippen LogP contribution in [0.15, 0.2) is 18.2 Å². The van der Waals surface area contributed by atoms with Gasteiger partial charge < -0.3 is 10.3 Å². The van der Waals surface area contributed by atoms with Crippen LogP contribution in [0.25, 0.3) is 11.0 Å². The lowest BCUT2D eigenvalue weighted by molar-refractivity contribution is -0.144. The molecule has 0 unspecified atom stereocenters. The van der Waals surface area contributed by atoms with E-state index in [1.807, 2.05) is 0 Å². The first-order valence-corrected chi connectivity index (χ1v) is 5.79. The fourth-order valence-corrected chi connectivity index (χ4v) is 1.73. The van der Waals surface area contributed by atoms with Crippen molar-refractivity contribution >= 4 is 17.0 Å². The van der Waals surface area contributed by atoms with Crippen molar-refractivity contribution in [2.24, 2.45) is 0 Å². The molecule has 0 saturated carbocycles. The predicted octanol–water partition coefficient (Wildman–Crippen LogP) is 2.45. The molecule has 0 aliphatic rings. The van der Waals surface area contributed by atoms with Gasteiger partial charge in [-0.1, -0.05) is 0 Å². The number of rotatable bonds is 3. The van der Waals surface area contributed by atoms with Crippen molar-refractivity contribution in [2.75, 3.05) is 5.32 Å². The topological polar surface area (TPSA) is 82.3 Å². The zero-order chi connectivity index (χ0) is 15.0. The predicted molar refractivity (Wildman–Crippen MR) is 64.8 cm³/mol. The molecule has 0 amide bonds. The lowest BCUT2D eigenvalue weighted by atomic mass is 10.3. The van der Waals surface area contributed by atoms with E-state index >= 15 is 0 Å². The maximum Gasteiger partial charge on any atom is 0.453 e. The lowest BCUT2D eigenvalue weighted by Gasteiger charge is -1.99. The molecular weight excluding hydrogens is 292 g/mol. The van der Waals surface area contributed by atoms with E-state index in [-0.39, 0.29) is 12.4 Å². The molecule has 21 heavy (non-hydrogen) atoms. The summed E-state index contributed by atoms with van der Waals surface area (Å²) in [4.78, 5) is 10.2. The molecule has 1 aromatic carbocycles. The lowest BCUT2D eigenvalue weighted by Crippen LogP contribution is -2.08. The molecule has 10 heteroatoms. The van der Waals surface area contributed by atoms with E-state index < -0.39 is 17.8 Å². The zero-order valence-electron chi connectivity index (χ0n) is 10.3. The number of imidazole rings is 1. The van der Waals surface area contributed by atoms with E-state index in [1.54, 1.807) is 0 Å². The van der Waals surface area contributed by atoms with Gasteiger partial charge in [-0.15, -0.1) is 5.10 Å². The van der Waals surface area contributed by atoms with Crippen LogP contribution in [0.2, 0.25) is 0 Å². The highest BCUT2D eigenvalue weighted by Crippen LogP contribution is 2.25. The Kier molecular flexibility index (Phi) is 3.00. The van der Waals surface area contributed by atoms with Crippen LogP contribution in [-0.2, 0) is 12.7 Å². The molecule has 0 fully saturated rings. The zero-order valence-corrected chi connectivity index (χ0v) is 10.3. The highest BCUT2D eigenvalue weighted by Gasteiger charge is 2.35. The quantitative estimate of drug-likeness (QED) is 0.649. The molecule has 2 heterocycles. The molecule has 0 saturated heterocycles. The Labute approximate surface area is 114 Å². The Hall–Kier alpha value is -2.65. The van der Waals surface area contributed by atoms with Crippen molar-refractivity contribution in [2.45, 2.75) is 12.7 Å². The Morgan fingerprint density at radius 2 is 2.00 bits per heavy atom. The summed E-state index contributed by atoms with van der Waals surface area (Å²) in [5.74, 6) is -1.34. The summed E-state index contributed by atoms with van der Waals surface area (Å²) >= 11 is 0. The van der Waals surface area contributed by atoms with Gasteiger partial charge in [0.15, 0.2) is 0 Å². The molecule has 0 aliphatic carbocycles. The molecule has 0 spiro atoms. The molecule has 3 rings (SSSR count). The molecule has 110 valence electrons. The summed E-state index contributed by atoms with van der Waals surface area (Å²) in [5.41, 5.74) is 1.01. The second kappa shape index (κ2) is 4.72. The van der Waals surface area contributed by atoms with Crippen LogP contribution in [0.4, 0.5) is 23.5 Å². The molecule has 0 atom stereocenters. The molecule has 0 radical (unpaired) electrons. The second-order valence-electron chi connectivity index (χ2n) is 4.20. The van der Waals surface area contributed by atoms with E-state index in [1.165, 1.54) is 18.2 Å². The van der Waals surface area contributed by atoms with Gasteiger partial charge in [0.1, 0.15) is 11.6 Å². The summed E-state index contributed by atoms with van der Waals surface area (Å²) in [6.45, 7) is -0.0363. The van der Waals surface area contributed by atoms with E-state index in [9.17, 15) is 17.6 Å². The number of aromatic nitrogens is 5. The second-order valence-corrected chi connectivity index (χ2v) is 4.20. The van der Waals surface area contributed by atoms with Gasteiger partial charge in [0.25, 0.3) is 5.82 Å². The van der Waals surface area contributed by atoms with Crippen LogP contribution in [0.1, 0.15) is 11.6 Å². The monoisotopic (exact) mass is 300 g/mol. The fourth-order valence-electron chi connectivity index (χ4n) is 1.73. The Morgan fingerprint density at radius 3 is 2.71 bits per heavy atom. The Bertz CT molecular complexity index is 774. The van der Waals surface area contributed by atoms with E-state index in [0.29, 0.717) is 17.0 Å². The molecule has 3 aromatic rings. The highest BCUT2D eigenvalue weighted by atomic mass is 19.4. The van der Waals surface area contributed by atoms with Crippen LogP contribution >= 0.6 is 0 Å². The van der Waals surface area contributed by atoms with Crippen LogP contribution in [0.3, 0.4) is 0 Å². The van der Waals surface area contributed by atoms with Crippen molar-refractivity contribution in [3.05, 3.63) is 35.7 Å². The number of H-pyrrole nitrogens is 2. The fraction of sp³-hybridized carbons (Fsp3) is 0.182. The number of nitrogens with one attached hydrogen (secondary N) is 3. The van der Waals surface area contributed by atoms with Gasteiger partial charge in [-0.25, -0.2) is 14.4 Å². The minimum atomic E-state index is -4.59. The SMILES string of the molecule is Fc1ccc2nc(NCc3nc(C(F)(F)F)n[nH]3)[nH]c2c1. The van der Waals surface area contributed by atoms with Gasteiger partial charge in [-0.2, -0.15) is 13.2 Å². The minimum Gasteiger partial charge on any atom is -0.349 e. The first-order valence-electron chi connectivity index (χ1n) is 5.79. The summed E-state index contributed by atoms with van der Waals surface area (Å²) in [7, 11) is 0. The van der Waals surface area contributed by atoms with Crippen molar-refractivity contribution in [3.8, 4) is 0 Å². The van der Waals surface area contributed by atoms with E-state index in [4.69, 9.17) is 0 Å². The first kappa shape index (κ1) is 13.3. The summed E-state index contributed by atoms with van der Waals surface area (Å²) in [5, 5.41) is 8.00. The van der Waals surface area contributed by atoms with E-state index in [0.717, 1.165) is 0 Å². The van der Waals surface area contributed by atoms with Gasteiger partial charge in [0.2, 0.25) is 5.95 Å². The number of benzene rings is 1. The number of hydrogen-bond donors (Lipinski definition) is 3. The van der Waals surface area contributed by atoms with Crippen LogP contribution in [-0.4, -0.2) is 25.1 Å². The smallest absolute Gasteiger partial charge is 0.349 e. The molecule has 0 bridgehead atoms. The van der Waals surface area contributed by atoms with Gasteiger partial charge in [0.05, 0.1) is 17.6 Å². The van der Waals surface area contributed by atoms with Crippen molar-refractivity contribution in [1.29, 1.82) is 0 Å². The van der Waals surface area contributed by atoms with Crippen molar-refractivity contribution < 1.29 is 17.6 Å². The number of fused-ring (bicyclic) bond motifs is 1. The maximum atomic E-state index is 13.0. The largest absolute Gasteiger partial charge is 0.453 e. The molecular formula is C11H8F4N6. The number of anilines is 1. The Balaban J connectivity index is 1.73. The Morgan fingerprint density at radius 1 is 1.19 bits per heavy atom. The third-order valence-corrected chi connectivity index (χ3v) is 2.65. The standard InChI is InChI=1S/C11H8F4N6/c12-5-1-2-6-7(3-5)18-10(17-6)16-4-8-19-9(21-20-8)11(13,14)15/h1-3H,4H2,(H2,16,17,18)(H,19,20,21). The van der Waals surface area contributed by atoms with Crippen molar-refractivity contribution in [3.63, 3.8) is 0 Å². The average Bonchev–Trinajstić information content (AvgIpc) is 3.01. The van der Waals surface area contributed by atoms with Gasteiger partial charge in [-0.3, -0.25) is 5.10 Å². The van der Waals surface area contributed by atoms with Gasteiger partial charge >= 0.3 is 6.18 Å². The molecule has 2 aromatic heterocycles. The van der Waals surface area contributed by atoms with Crippen LogP contribution < -0.4 is 5.32 Å². The van der Waals surface area contributed by atoms with Gasteiger partial charge in [0, 0.05) is 0 Å². The average molecular weight is 300 g/mol. The molecule has 3 N–H and O–H groups in total. The third-order valence-electron chi connectivity index (χ3n) is 2.65. The number of aromatic amines is 2. The van der Waals surface area contributed by atoms with Crippen LogP contribution in [0.5, 0.6) is 0 Å².